The fourth-order valence-corrected chi connectivity index (χ4v) is 2.03. The molecular weight excluding hydrogens is 222 g/mol. The Bertz CT molecular complexity index is 494. The Kier molecular flexibility index (Phi) is 4.02. The van der Waals surface area contributed by atoms with Gasteiger partial charge < -0.3 is 9.88 Å². The van der Waals surface area contributed by atoms with Crippen molar-refractivity contribution in [3.63, 3.8) is 0 Å². The van der Waals surface area contributed by atoms with E-state index in [-0.39, 0.29) is 0 Å². The lowest BCUT2D eigenvalue weighted by molar-refractivity contribution is 0.377. The van der Waals surface area contributed by atoms with E-state index in [1.54, 1.807) is 0 Å². The smallest absolute Gasteiger partial charge is 0.0958 e. The molecule has 0 amide bonds. The van der Waals surface area contributed by atoms with Gasteiger partial charge in [0.2, 0.25) is 0 Å². The number of aryl methyl sites for hydroxylation is 1. The average Bonchev–Trinajstić information content (AvgIpc) is 2.71. The molecule has 0 aliphatic heterocycles. The van der Waals surface area contributed by atoms with Gasteiger partial charge in [-0.3, -0.25) is 0 Å². The number of nitrogens with one attached hydrogen (secondary N) is 1. The molecule has 1 N–H and O–H groups in total. The summed E-state index contributed by atoms with van der Waals surface area (Å²) in [6, 6.07) is 8.29. The number of rotatable bonds is 5. The SMILES string of the molecule is CC(C)(C)CNCCCn1cnc2ccccc21. The lowest BCUT2D eigenvalue weighted by Crippen LogP contribution is -2.28. The molecule has 0 aliphatic rings. The molecule has 0 fully saturated rings. The highest BCUT2D eigenvalue weighted by atomic mass is 15.0. The second kappa shape index (κ2) is 5.53. The summed E-state index contributed by atoms with van der Waals surface area (Å²) in [5.41, 5.74) is 2.68. The number of nitrogens with zero attached hydrogens (tertiary/aromatic N) is 2. The van der Waals surface area contributed by atoms with Crippen LogP contribution in [0.4, 0.5) is 0 Å². The molecule has 0 aliphatic carbocycles. The fourth-order valence-electron chi connectivity index (χ4n) is 2.03. The summed E-state index contributed by atoms with van der Waals surface area (Å²) in [4.78, 5) is 4.40. The maximum atomic E-state index is 4.40. The maximum absolute atomic E-state index is 4.40. The Morgan fingerprint density at radius 3 is 2.78 bits per heavy atom. The van der Waals surface area contributed by atoms with Gasteiger partial charge in [-0.15, -0.1) is 0 Å². The van der Waals surface area contributed by atoms with Crippen molar-refractivity contribution in [3.05, 3.63) is 30.6 Å². The molecule has 98 valence electrons. The molecule has 18 heavy (non-hydrogen) atoms. The molecule has 1 heterocycles. The summed E-state index contributed by atoms with van der Waals surface area (Å²) in [5, 5.41) is 3.50. The van der Waals surface area contributed by atoms with E-state index in [1.165, 1.54) is 5.52 Å². The highest BCUT2D eigenvalue weighted by Gasteiger charge is 2.08. The topological polar surface area (TPSA) is 29.9 Å². The highest BCUT2D eigenvalue weighted by molar-refractivity contribution is 5.74. The van der Waals surface area contributed by atoms with Crippen molar-refractivity contribution < 1.29 is 0 Å². The van der Waals surface area contributed by atoms with Crippen LogP contribution in [0.5, 0.6) is 0 Å². The summed E-state index contributed by atoms with van der Waals surface area (Å²) in [6.07, 6.45) is 3.07. The highest BCUT2D eigenvalue weighted by Crippen LogP contribution is 2.12. The van der Waals surface area contributed by atoms with E-state index in [4.69, 9.17) is 0 Å². The van der Waals surface area contributed by atoms with Crippen molar-refractivity contribution in [2.45, 2.75) is 33.7 Å². The lowest BCUT2D eigenvalue weighted by Gasteiger charge is -2.18. The average molecular weight is 245 g/mol. The first-order valence-corrected chi connectivity index (χ1v) is 6.67. The fraction of sp³-hybridized carbons (Fsp3) is 0.533. The second-order valence-corrected chi connectivity index (χ2v) is 6.02. The molecule has 2 aromatic rings. The van der Waals surface area contributed by atoms with Gasteiger partial charge in [-0.2, -0.15) is 0 Å². The quantitative estimate of drug-likeness (QED) is 0.820. The molecule has 1 aromatic carbocycles. The molecule has 0 saturated heterocycles. The van der Waals surface area contributed by atoms with Crippen molar-refractivity contribution in [1.29, 1.82) is 0 Å². The largest absolute Gasteiger partial charge is 0.331 e. The van der Waals surface area contributed by atoms with Crippen molar-refractivity contribution in [2.24, 2.45) is 5.41 Å². The number of imidazole rings is 1. The number of hydrogen-bond acceptors (Lipinski definition) is 2. The molecule has 0 radical (unpaired) electrons. The monoisotopic (exact) mass is 245 g/mol. The van der Waals surface area contributed by atoms with Crippen LogP contribution < -0.4 is 5.32 Å². The maximum Gasteiger partial charge on any atom is 0.0958 e. The van der Waals surface area contributed by atoms with Gasteiger partial charge in [0, 0.05) is 6.54 Å². The van der Waals surface area contributed by atoms with E-state index in [1.807, 2.05) is 12.4 Å². The normalized spacial score (nSPS) is 12.2. The first-order valence-electron chi connectivity index (χ1n) is 6.67. The molecule has 3 nitrogen and oxygen atoms in total. The molecule has 0 bridgehead atoms. The van der Waals surface area contributed by atoms with Crippen LogP contribution in [0.2, 0.25) is 0 Å². The van der Waals surface area contributed by atoms with Crippen LogP contribution >= 0.6 is 0 Å². The molecule has 3 heteroatoms. The van der Waals surface area contributed by atoms with E-state index in [0.717, 1.165) is 31.6 Å². The summed E-state index contributed by atoms with van der Waals surface area (Å²) >= 11 is 0. The zero-order valence-electron chi connectivity index (χ0n) is 11.6. The number of para-hydroxylation sites is 2. The third-order valence-corrected chi connectivity index (χ3v) is 2.94. The van der Waals surface area contributed by atoms with Gasteiger partial charge in [0.15, 0.2) is 0 Å². The summed E-state index contributed by atoms with van der Waals surface area (Å²) in [5.74, 6) is 0. The van der Waals surface area contributed by atoms with E-state index >= 15 is 0 Å². The van der Waals surface area contributed by atoms with Gasteiger partial charge in [0.25, 0.3) is 0 Å². The van der Waals surface area contributed by atoms with Crippen LogP contribution in [0.25, 0.3) is 11.0 Å². The van der Waals surface area contributed by atoms with Crippen LogP contribution in [0.15, 0.2) is 30.6 Å². The predicted octanol–water partition coefficient (Wildman–Crippen LogP) is 3.06. The predicted molar refractivity (Wildman–Crippen MR) is 76.7 cm³/mol. The molecular formula is C15H23N3. The molecule has 0 saturated carbocycles. The Hall–Kier alpha value is -1.35. The number of benzene rings is 1. The van der Waals surface area contributed by atoms with Crippen LogP contribution in [0.3, 0.4) is 0 Å². The van der Waals surface area contributed by atoms with Gasteiger partial charge in [-0.05, 0) is 37.1 Å². The minimum Gasteiger partial charge on any atom is -0.331 e. The van der Waals surface area contributed by atoms with E-state index < -0.39 is 0 Å². The molecule has 0 spiro atoms. The van der Waals surface area contributed by atoms with Crippen molar-refractivity contribution in [3.8, 4) is 0 Å². The van der Waals surface area contributed by atoms with Gasteiger partial charge in [-0.25, -0.2) is 4.98 Å². The van der Waals surface area contributed by atoms with E-state index in [0.29, 0.717) is 5.41 Å². The third kappa shape index (κ3) is 3.57. The van der Waals surface area contributed by atoms with Crippen LogP contribution in [-0.4, -0.2) is 22.6 Å². The van der Waals surface area contributed by atoms with Crippen molar-refractivity contribution >= 4 is 11.0 Å². The summed E-state index contributed by atoms with van der Waals surface area (Å²) < 4.78 is 2.23. The molecule has 2 rings (SSSR count). The molecule has 0 unspecified atom stereocenters. The first kappa shape index (κ1) is 13.1. The van der Waals surface area contributed by atoms with Crippen molar-refractivity contribution in [2.75, 3.05) is 13.1 Å². The minimum atomic E-state index is 0.363. The third-order valence-electron chi connectivity index (χ3n) is 2.94. The summed E-state index contributed by atoms with van der Waals surface area (Å²) in [7, 11) is 0. The minimum absolute atomic E-state index is 0.363. The number of hydrogen-bond donors (Lipinski definition) is 1. The van der Waals surface area contributed by atoms with Crippen molar-refractivity contribution in [1.82, 2.24) is 14.9 Å². The lowest BCUT2D eigenvalue weighted by atomic mass is 9.97. The Morgan fingerprint density at radius 2 is 2.00 bits per heavy atom. The summed E-state index contributed by atoms with van der Waals surface area (Å²) in [6.45, 7) is 9.91. The Labute approximate surface area is 109 Å². The van der Waals surface area contributed by atoms with E-state index in [9.17, 15) is 0 Å². The molecule has 1 aromatic heterocycles. The second-order valence-electron chi connectivity index (χ2n) is 6.02. The Morgan fingerprint density at radius 1 is 1.22 bits per heavy atom. The van der Waals surface area contributed by atoms with Crippen LogP contribution in [0.1, 0.15) is 27.2 Å². The van der Waals surface area contributed by atoms with Crippen LogP contribution in [-0.2, 0) is 6.54 Å². The molecule has 0 atom stereocenters. The first-order chi connectivity index (χ1) is 8.56. The van der Waals surface area contributed by atoms with Gasteiger partial charge in [-0.1, -0.05) is 32.9 Å². The standard InChI is InChI=1S/C15H23N3/c1-15(2,3)11-16-9-6-10-18-12-17-13-7-4-5-8-14(13)18/h4-5,7-8,12,16H,6,9-11H2,1-3H3. The zero-order valence-corrected chi connectivity index (χ0v) is 11.6. The number of fused-ring (bicyclic) bond motifs is 1. The van der Waals surface area contributed by atoms with E-state index in [2.05, 4.69) is 53.8 Å². The zero-order chi connectivity index (χ0) is 13.0. The van der Waals surface area contributed by atoms with Crippen LogP contribution in [0, 0.1) is 5.41 Å². The Balaban J connectivity index is 1.80. The van der Waals surface area contributed by atoms with Gasteiger partial charge >= 0.3 is 0 Å². The number of aromatic nitrogens is 2. The van der Waals surface area contributed by atoms with Gasteiger partial charge in [0.1, 0.15) is 0 Å². The van der Waals surface area contributed by atoms with Gasteiger partial charge in [0.05, 0.1) is 17.4 Å².